The Morgan fingerprint density at radius 3 is 2.90 bits per heavy atom. The number of H-pyrrole nitrogens is 1. The van der Waals surface area contributed by atoms with Crippen LogP contribution in [0, 0.1) is 6.92 Å². The van der Waals surface area contributed by atoms with Crippen molar-refractivity contribution in [3.05, 3.63) is 35.8 Å². The molecular weight excluding hydrogens is 296 g/mol. The first-order valence-corrected chi connectivity index (χ1v) is 7.58. The van der Waals surface area contributed by atoms with Gasteiger partial charge in [0.15, 0.2) is 5.03 Å². The zero-order valence-corrected chi connectivity index (χ0v) is 12.3. The Morgan fingerprint density at radius 1 is 1.48 bits per heavy atom. The van der Waals surface area contributed by atoms with Crippen LogP contribution in [0.1, 0.15) is 23.0 Å². The number of aromatic nitrogens is 3. The minimum Gasteiger partial charge on any atom is -0.462 e. The molecule has 2 heterocycles. The molecule has 112 valence electrons. The summed E-state index contributed by atoms with van der Waals surface area (Å²) in [4.78, 5) is 15.7. The summed E-state index contributed by atoms with van der Waals surface area (Å²) < 4.78 is 31.7. The molecule has 2 aromatic rings. The van der Waals surface area contributed by atoms with E-state index in [4.69, 9.17) is 4.74 Å². The van der Waals surface area contributed by atoms with Crippen LogP contribution in [0.5, 0.6) is 0 Å². The van der Waals surface area contributed by atoms with Gasteiger partial charge in [-0.15, -0.1) is 0 Å². The van der Waals surface area contributed by atoms with Crippen molar-refractivity contribution in [3.63, 3.8) is 0 Å². The number of anilines is 1. The van der Waals surface area contributed by atoms with Crippen molar-refractivity contribution in [2.75, 3.05) is 11.3 Å². The highest BCUT2D eigenvalue weighted by Crippen LogP contribution is 2.18. The highest BCUT2D eigenvalue weighted by molar-refractivity contribution is 7.92. The lowest BCUT2D eigenvalue weighted by Gasteiger charge is -2.08. The molecule has 0 amide bonds. The molecule has 8 nitrogen and oxygen atoms in total. The van der Waals surface area contributed by atoms with Gasteiger partial charge in [0.1, 0.15) is 5.56 Å². The fourth-order valence-corrected chi connectivity index (χ4v) is 2.79. The molecule has 0 radical (unpaired) electrons. The second kappa shape index (κ2) is 5.92. The van der Waals surface area contributed by atoms with Crippen molar-refractivity contribution in [2.24, 2.45) is 0 Å². The Kier molecular flexibility index (Phi) is 4.22. The zero-order chi connectivity index (χ0) is 15.5. The van der Waals surface area contributed by atoms with E-state index in [9.17, 15) is 13.2 Å². The van der Waals surface area contributed by atoms with E-state index in [1.165, 1.54) is 12.3 Å². The molecule has 0 aliphatic rings. The van der Waals surface area contributed by atoms with Crippen LogP contribution in [0.3, 0.4) is 0 Å². The number of pyridine rings is 1. The maximum Gasteiger partial charge on any atom is 0.342 e. The lowest BCUT2D eigenvalue weighted by atomic mass is 10.3. The molecule has 0 fully saturated rings. The van der Waals surface area contributed by atoms with E-state index < -0.39 is 16.0 Å². The minimum atomic E-state index is -3.98. The predicted octanol–water partition coefficient (Wildman–Crippen LogP) is 1.09. The Bertz CT molecular complexity index is 754. The summed E-state index contributed by atoms with van der Waals surface area (Å²) in [6, 6.07) is 3.07. The summed E-state index contributed by atoms with van der Waals surface area (Å²) in [7, 11) is -3.98. The van der Waals surface area contributed by atoms with Gasteiger partial charge >= 0.3 is 5.97 Å². The van der Waals surface area contributed by atoms with Crippen LogP contribution in [0.15, 0.2) is 29.6 Å². The van der Waals surface area contributed by atoms with Gasteiger partial charge < -0.3 is 4.74 Å². The van der Waals surface area contributed by atoms with Crippen LogP contribution < -0.4 is 4.72 Å². The summed E-state index contributed by atoms with van der Waals surface area (Å²) in [6.45, 7) is 3.50. The lowest BCUT2D eigenvalue weighted by molar-refractivity contribution is 0.0522. The van der Waals surface area contributed by atoms with Crippen molar-refractivity contribution in [3.8, 4) is 0 Å². The molecule has 21 heavy (non-hydrogen) atoms. The summed E-state index contributed by atoms with van der Waals surface area (Å²) in [5, 5.41) is 5.56. The first kappa shape index (κ1) is 15.0. The average Bonchev–Trinajstić information content (AvgIpc) is 2.88. The number of carbonyl (C=O) groups excluding carboxylic acids is 1. The zero-order valence-electron chi connectivity index (χ0n) is 11.5. The van der Waals surface area contributed by atoms with Gasteiger partial charge in [0, 0.05) is 11.9 Å². The minimum absolute atomic E-state index is 0.139. The van der Waals surface area contributed by atoms with Gasteiger partial charge in [0.2, 0.25) is 0 Å². The molecule has 2 rings (SSSR count). The van der Waals surface area contributed by atoms with Crippen molar-refractivity contribution >= 4 is 21.7 Å². The van der Waals surface area contributed by atoms with Gasteiger partial charge in [0.05, 0.1) is 18.5 Å². The molecule has 9 heteroatoms. The van der Waals surface area contributed by atoms with E-state index in [1.54, 1.807) is 19.9 Å². The molecule has 0 saturated carbocycles. The third-order valence-corrected chi connectivity index (χ3v) is 3.87. The third kappa shape index (κ3) is 3.37. The first-order chi connectivity index (χ1) is 9.94. The number of rotatable bonds is 5. The van der Waals surface area contributed by atoms with Gasteiger partial charge in [-0.05, 0) is 26.0 Å². The number of sulfonamides is 1. The van der Waals surface area contributed by atoms with Crippen molar-refractivity contribution in [1.82, 2.24) is 15.2 Å². The predicted molar refractivity (Wildman–Crippen MR) is 74.3 cm³/mol. The molecule has 0 aliphatic carbocycles. The summed E-state index contributed by atoms with van der Waals surface area (Å²) in [5.41, 5.74) is 0.854. The Morgan fingerprint density at radius 2 is 2.24 bits per heavy atom. The van der Waals surface area contributed by atoms with Crippen molar-refractivity contribution < 1.29 is 17.9 Å². The molecule has 0 atom stereocenters. The third-order valence-electron chi connectivity index (χ3n) is 2.52. The molecular formula is C12H14N4O4S. The molecule has 0 unspecified atom stereocenters. The van der Waals surface area contributed by atoms with E-state index >= 15 is 0 Å². The summed E-state index contributed by atoms with van der Waals surface area (Å²) >= 11 is 0. The number of hydrogen-bond donors (Lipinski definition) is 2. The molecule has 0 aliphatic heterocycles. The van der Waals surface area contributed by atoms with Crippen molar-refractivity contribution in [1.29, 1.82) is 0 Å². The SMILES string of the molecule is CCOC(=O)c1cn[nH]c1S(=O)(=O)Nc1ccnc(C)c1. The molecule has 0 aromatic carbocycles. The van der Waals surface area contributed by atoms with E-state index in [1.807, 2.05) is 0 Å². The molecule has 2 aromatic heterocycles. The number of nitrogens with one attached hydrogen (secondary N) is 2. The number of aromatic amines is 1. The van der Waals surface area contributed by atoms with E-state index in [0.717, 1.165) is 6.20 Å². The Balaban J connectivity index is 2.32. The Labute approximate surface area is 121 Å². The second-order valence-electron chi connectivity index (χ2n) is 4.12. The fraction of sp³-hybridized carbons (Fsp3) is 0.250. The van der Waals surface area contributed by atoms with Gasteiger partial charge in [0.25, 0.3) is 10.0 Å². The molecule has 0 spiro atoms. The fourth-order valence-electron chi connectivity index (χ4n) is 1.65. The van der Waals surface area contributed by atoms with Crippen LogP contribution in [-0.4, -0.2) is 36.2 Å². The van der Waals surface area contributed by atoms with E-state index in [-0.39, 0.29) is 17.2 Å². The molecule has 0 saturated heterocycles. The van der Waals surface area contributed by atoms with Crippen LogP contribution in [0.4, 0.5) is 5.69 Å². The van der Waals surface area contributed by atoms with Crippen molar-refractivity contribution in [2.45, 2.75) is 18.9 Å². The number of ether oxygens (including phenoxy) is 1. The second-order valence-corrected chi connectivity index (χ2v) is 5.74. The standard InChI is InChI=1S/C12H14N4O4S/c1-3-20-12(17)10-7-14-15-11(10)21(18,19)16-9-4-5-13-8(2)6-9/h4-7H,3H2,1-2H3,(H,13,16)(H,14,15). The van der Waals surface area contributed by atoms with Gasteiger partial charge in [-0.1, -0.05) is 0 Å². The van der Waals surface area contributed by atoms with E-state index in [2.05, 4.69) is 19.9 Å². The quantitative estimate of drug-likeness (QED) is 0.799. The number of aryl methyl sites for hydroxylation is 1. The van der Waals surface area contributed by atoms with Gasteiger partial charge in [-0.2, -0.15) is 13.5 Å². The van der Waals surface area contributed by atoms with Gasteiger partial charge in [-0.3, -0.25) is 14.8 Å². The monoisotopic (exact) mass is 310 g/mol. The molecule has 0 bridgehead atoms. The summed E-state index contributed by atoms with van der Waals surface area (Å²) in [6.07, 6.45) is 2.59. The highest BCUT2D eigenvalue weighted by atomic mass is 32.2. The maximum absolute atomic E-state index is 12.3. The van der Waals surface area contributed by atoms with Crippen LogP contribution in [-0.2, 0) is 14.8 Å². The Hall–Kier alpha value is -2.42. The summed E-state index contributed by atoms with van der Waals surface area (Å²) in [5.74, 6) is -0.752. The molecule has 2 N–H and O–H groups in total. The first-order valence-electron chi connectivity index (χ1n) is 6.10. The highest BCUT2D eigenvalue weighted by Gasteiger charge is 2.26. The van der Waals surface area contributed by atoms with E-state index in [0.29, 0.717) is 11.4 Å². The largest absolute Gasteiger partial charge is 0.462 e. The topological polar surface area (TPSA) is 114 Å². The van der Waals surface area contributed by atoms with Crippen LogP contribution >= 0.6 is 0 Å². The number of hydrogen-bond acceptors (Lipinski definition) is 6. The average molecular weight is 310 g/mol. The van der Waals surface area contributed by atoms with Gasteiger partial charge in [-0.25, -0.2) is 4.79 Å². The number of carbonyl (C=O) groups is 1. The number of esters is 1. The lowest BCUT2D eigenvalue weighted by Crippen LogP contribution is -2.17. The normalized spacial score (nSPS) is 11.1. The maximum atomic E-state index is 12.3. The van der Waals surface area contributed by atoms with Crippen LogP contribution in [0.25, 0.3) is 0 Å². The van der Waals surface area contributed by atoms with Crippen LogP contribution in [0.2, 0.25) is 0 Å². The smallest absolute Gasteiger partial charge is 0.342 e. The number of nitrogens with zero attached hydrogens (tertiary/aromatic N) is 2.